The monoisotopic (exact) mass is 240 g/mol. The maximum Gasteiger partial charge on any atom is 0.196 e. The highest BCUT2D eigenvalue weighted by atomic mass is 16.1. The molecule has 2 aliphatic carbocycles. The van der Waals surface area contributed by atoms with Crippen LogP contribution in [-0.2, 0) is 0 Å². The van der Waals surface area contributed by atoms with Gasteiger partial charge in [-0.3, -0.25) is 9.59 Å². The predicted molar refractivity (Wildman–Crippen MR) is 69.3 cm³/mol. The second-order valence-corrected chi connectivity index (χ2v) is 4.47. The minimum absolute atomic E-state index is 0.194. The largest absolute Gasteiger partial charge is 0.398 e. The standard InChI is InChI=1S/C14H12N2O2/c15-9-5-6-10(16)12-11(9)13(17)7-3-1-2-4-8(7)14(12)18/h3-6H,1-2,15-16H2. The van der Waals surface area contributed by atoms with Gasteiger partial charge in [0.25, 0.3) is 0 Å². The normalized spacial score (nSPS) is 17.8. The number of rotatable bonds is 0. The number of carbonyl (C=O) groups is 2. The van der Waals surface area contributed by atoms with Gasteiger partial charge in [0.15, 0.2) is 11.6 Å². The Morgan fingerprint density at radius 1 is 0.778 bits per heavy atom. The van der Waals surface area contributed by atoms with Gasteiger partial charge in [0.05, 0.1) is 11.1 Å². The number of nitrogens with two attached hydrogens (primary N) is 2. The molecule has 0 unspecified atom stereocenters. The number of hydrogen-bond acceptors (Lipinski definition) is 4. The van der Waals surface area contributed by atoms with Gasteiger partial charge in [-0.2, -0.15) is 0 Å². The van der Waals surface area contributed by atoms with Crippen molar-refractivity contribution in [2.24, 2.45) is 0 Å². The van der Waals surface area contributed by atoms with Gasteiger partial charge in [0.2, 0.25) is 0 Å². The van der Waals surface area contributed by atoms with Crippen LogP contribution in [0.5, 0.6) is 0 Å². The molecule has 4 N–H and O–H groups in total. The molecule has 0 spiro atoms. The van der Waals surface area contributed by atoms with E-state index in [1.54, 1.807) is 24.3 Å². The van der Waals surface area contributed by atoms with Gasteiger partial charge in [-0.05, 0) is 25.0 Å². The van der Waals surface area contributed by atoms with Gasteiger partial charge in [-0.25, -0.2) is 0 Å². The van der Waals surface area contributed by atoms with Crippen LogP contribution in [-0.4, -0.2) is 11.6 Å². The quantitative estimate of drug-likeness (QED) is 0.678. The zero-order valence-corrected chi connectivity index (χ0v) is 9.69. The number of carbonyl (C=O) groups excluding carboxylic acids is 2. The van der Waals surface area contributed by atoms with Gasteiger partial charge in [0.1, 0.15) is 0 Å². The zero-order valence-electron chi connectivity index (χ0n) is 9.69. The molecule has 90 valence electrons. The van der Waals surface area contributed by atoms with E-state index in [0.717, 1.165) is 12.8 Å². The van der Waals surface area contributed by atoms with Crippen molar-refractivity contribution in [3.8, 4) is 0 Å². The van der Waals surface area contributed by atoms with Crippen molar-refractivity contribution >= 4 is 22.9 Å². The third kappa shape index (κ3) is 1.26. The molecule has 1 aromatic rings. The Kier molecular flexibility index (Phi) is 2.13. The molecular formula is C14H12N2O2. The Balaban J connectivity index is 2.37. The molecule has 0 heterocycles. The molecule has 0 aromatic heterocycles. The van der Waals surface area contributed by atoms with E-state index in [0.29, 0.717) is 22.5 Å². The summed E-state index contributed by atoms with van der Waals surface area (Å²) in [5.74, 6) is -0.388. The number of fused-ring (bicyclic) bond motifs is 2. The summed E-state index contributed by atoms with van der Waals surface area (Å²) in [7, 11) is 0. The van der Waals surface area contributed by atoms with E-state index >= 15 is 0 Å². The fraction of sp³-hybridized carbons (Fsp3) is 0.143. The van der Waals surface area contributed by atoms with Gasteiger partial charge < -0.3 is 11.5 Å². The van der Waals surface area contributed by atoms with E-state index in [4.69, 9.17) is 11.5 Å². The molecule has 18 heavy (non-hydrogen) atoms. The Bertz CT molecular complexity index is 597. The lowest BCUT2D eigenvalue weighted by Gasteiger charge is -2.24. The second kappa shape index (κ2) is 3.57. The first-order valence-corrected chi connectivity index (χ1v) is 5.79. The summed E-state index contributed by atoms with van der Waals surface area (Å²) in [6.45, 7) is 0. The lowest BCUT2D eigenvalue weighted by atomic mass is 9.78. The fourth-order valence-electron chi connectivity index (χ4n) is 2.50. The molecule has 1 aromatic carbocycles. The summed E-state index contributed by atoms with van der Waals surface area (Å²) < 4.78 is 0. The van der Waals surface area contributed by atoms with Crippen LogP contribution in [0.2, 0.25) is 0 Å². The molecule has 2 aliphatic rings. The SMILES string of the molecule is Nc1ccc(N)c2c1C(=O)C1=CCCC=C1C2=O. The van der Waals surface area contributed by atoms with E-state index in [9.17, 15) is 9.59 Å². The molecule has 4 nitrogen and oxygen atoms in total. The highest BCUT2D eigenvalue weighted by Crippen LogP contribution is 2.37. The number of allylic oxidation sites excluding steroid dienone is 4. The number of anilines is 2. The highest BCUT2D eigenvalue weighted by molar-refractivity contribution is 6.34. The van der Waals surface area contributed by atoms with Gasteiger partial charge in [0, 0.05) is 22.5 Å². The molecule has 0 saturated carbocycles. The van der Waals surface area contributed by atoms with E-state index in [-0.39, 0.29) is 22.7 Å². The molecule has 0 saturated heterocycles. The lowest BCUT2D eigenvalue weighted by Crippen LogP contribution is -2.26. The summed E-state index contributed by atoms with van der Waals surface area (Å²) in [4.78, 5) is 24.7. The average Bonchev–Trinajstić information content (AvgIpc) is 2.38. The average molecular weight is 240 g/mol. The fourth-order valence-corrected chi connectivity index (χ4v) is 2.50. The Labute approximate surface area is 104 Å². The zero-order chi connectivity index (χ0) is 12.9. The van der Waals surface area contributed by atoms with Crippen molar-refractivity contribution < 1.29 is 9.59 Å². The molecule has 0 amide bonds. The first-order valence-electron chi connectivity index (χ1n) is 5.79. The maximum atomic E-state index is 12.4. The van der Waals surface area contributed by atoms with Crippen LogP contribution in [0.25, 0.3) is 0 Å². The molecule has 0 fully saturated rings. The second-order valence-electron chi connectivity index (χ2n) is 4.47. The number of Topliss-reactive ketones (excluding diaryl/α,β-unsaturated/α-hetero) is 2. The molecule has 4 heteroatoms. The van der Waals surface area contributed by atoms with Crippen LogP contribution in [0, 0.1) is 0 Å². The first kappa shape index (κ1) is 10.8. The Morgan fingerprint density at radius 3 is 1.56 bits per heavy atom. The van der Waals surface area contributed by atoms with Crippen molar-refractivity contribution in [2.45, 2.75) is 12.8 Å². The number of nitrogen functional groups attached to an aromatic ring is 2. The van der Waals surface area contributed by atoms with Crippen LogP contribution < -0.4 is 11.5 Å². The van der Waals surface area contributed by atoms with E-state index in [2.05, 4.69) is 0 Å². The van der Waals surface area contributed by atoms with Crippen molar-refractivity contribution in [1.82, 2.24) is 0 Å². The number of benzene rings is 1. The third-order valence-corrected chi connectivity index (χ3v) is 3.37. The van der Waals surface area contributed by atoms with Crippen LogP contribution in [0.15, 0.2) is 35.4 Å². The van der Waals surface area contributed by atoms with Crippen molar-refractivity contribution in [3.05, 3.63) is 46.6 Å². The van der Waals surface area contributed by atoms with Crippen LogP contribution >= 0.6 is 0 Å². The molecular weight excluding hydrogens is 228 g/mol. The Morgan fingerprint density at radius 2 is 1.17 bits per heavy atom. The minimum atomic E-state index is -0.194. The van der Waals surface area contributed by atoms with Crippen molar-refractivity contribution in [2.75, 3.05) is 11.5 Å². The summed E-state index contributed by atoms with van der Waals surface area (Å²) in [6, 6.07) is 3.13. The van der Waals surface area contributed by atoms with Gasteiger partial charge >= 0.3 is 0 Å². The van der Waals surface area contributed by atoms with Crippen LogP contribution in [0.1, 0.15) is 33.6 Å². The lowest BCUT2D eigenvalue weighted by molar-refractivity contribution is 0.0972. The topological polar surface area (TPSA) is 86.2 Å². The number of ketones is 2. The summed E-state index contributed by atoms with van der Waals surface area (Å²) in [5.41, 5.74) is 13.7. The third-order valence-electron chi connectivity index (χ3n) is 3.37. The molecule has 0 bridgehead atoms. The van der Waals surface area contributed by atoms with Crippen LogP contribution in [0.4, 0.5) is 11.4 Å². The minimum Gasteiger partial charge on any atom is -0.398 e. The van der Waals surface area contributed by atoms with E-state index < -0.39 is 0 Å². The highest BCUT2D eigenvalue weighted by Gasteiger charge is 2.35. The van der Waals surface area contributed by atoms with E-state index in [1.807, 2.05) is 0 Å². The molecule has 0 radical (unpaired) electrons. The summed E-state index contributed by atoms with van der Waals surface area (Å²) >= 11 is 0. The molecule has 0 atom stereocenters. The maximum absolute atomic E-state index is 12.4. The van der Waals surface area contributed by atoms with Crippen molar-refractivity contribution in [1.29, 1.82) is 0 Å². The predicted octanol–water partition coefficient (Wildman–Crippen LogP) is 1.88. The van der Waals surface area contributed by atoms with Crippen LogP contribution in [0.3, 0.4) is 0 Å². The van der Waals surface area contributed by atoms with E-state index in [1.165, 1.54) is 0 Å². The smallest absolute Gasteiger partial charge is 0.196 e. The summed E-state index contributed by atoms with van der Waals surface area (Å²) in [6.07, 6.45) is 5.16. The van der Waals surface area contributed by atoms with Gasteiger partial charge in [-0.1, -0.05) is 12.2 Å². The molecule has 0 aliphatic heterocycles. The first-order chi connectivity index (χ1) is 8.61. The Hall–Kier alpha value is -2.36. The summed E-state index contributed by atoms with van der Waals surface area (Å²) in [5, 5.41) is 0. The van der Waals surface area contributed by atoms with Crippen molar-refractivity contribution in [3.63, 3.8) is 0 Å². The van der Waals surface area contributed by atoms with Gasteiger partial charge in [-0.15, -0.1) is 0 Å². The molecule has 3 rings (SSSR count). The number of hydrogen-bond donors (Lipinski definition) is 2.